The van der Waals surface area contributed by atoms with Crippen LogP contribution in [0.15, 0.2) is 53.9 Å². The number of nitrogens with zero attached hydrogens (tertiary/aromatic N) is 5. The van der Waals surface area contributed by atoms with Crippen LogP contribution in [0, 0.1) is 6.92 Å². The van der Waals surface area contributed by atoms with Gasteiger partial charge in [-0.2, -0.15) is 8.78 Å². The summed E-state index contributed by atoms with van der Waals surface area (Å²) in [4.78, 5) is 4.43. The summed E-state index contributed by atoms with van der Waals surface area (Å²) < 4.78 is 30.2. The highest BCUT2D eigenvalue weighted by Crippen LogP contribution is 2.37. The van der Waals surface area contributed by atoms with E-state index in [0.717, 1.165) is 15.8 Å². The highest BCUT2D eigenvalue weighted by Gasteiger charge is 2.24. The molecule has 0 N–H and O–H groups in total. The van der Waals surface area contributed by atoms with Crippen molar-refractivity contribution >= 4 is 34.4 Å². The number of benzene rings is 2. The number of hydrogen-bond acceptors (Lipinski definition) is 4. The normalized spacial score (nSPS) is 12.8. The minimum Gasteiger partial charge on any atom is -0.277 e. The molecule has 0 radical (unpaired) electrons. The molecular formula is C19H16ClF2N5S. The van der Waals surface area contributed by atoms with Gasteiger partial charge in [-0.05, 0) is 43.7 Å². The van der Waals surface area contributed by atoms with Gasteiger partial charge >= 0.3 is 6.55 Å². The molecule has 144 valence electrons. The first-order valence-electron chi connectivity index (χ1n) is 8.54. The second-order valence-electron chi connectivity index (χ2n) is 6.28. The zero-order valence-electron chi connectivity index (χ0n) is 15.1. The molecule has 2 aromatic heterocycles. The van der Waals surface area contributed by atoms with Gasteiger partial charge in [0.1, 0.15) is 12.2 Å². The largest absolute Gasteiger partial charge is 0.320 e. The molecule has 0 amide bonds. The van der Waals surface area contributed by atoms with Crippen LogP contribution in [0.2, 0.25) is 5.02 Å². The molecule has 0 aliphatic carbocycles. The smallest absolute Gasteiger partial charge is 0.277 e. The minimum absolute atomic E-state index is 0.290. The Hall–Kier alpha value is -2.45. The number of thioether (sulfide) groups is 1. The van der Waals surface area contributed by atoms with Gasteiger partial charge in [-0.1, -0.05) is 41.6 Å². The average molecular weight is 420 g/mol. The topological polar surface area (TPSA) is 48.5 Å². The predicted octanol–water partition coefficient (Wildman–Crippen LogP) is 5.83. The van der Waals surface area contributed by atoms with Crippen molar-refractivity contribution in [1.29, 1.82) is 0 Å². The van der Waals surface area contributed by atoms with E-state index in [9.17, 15) is 8.78 Å². The second kappa shape index (κ2) is 7.52. The van der Waals surface area contributed by atoms with Gasteiger partial charge in [0, 0.05) is 5.02 Å². The number of alkyl halides is 2. The van der Waals surface area contributed by atoms with E-state index < -0.39 is 6.55 Å². The van der Waals surface area contributed by atoms with Gasteiger partial charge in [0.05, 0.1) is 22.0 Å². The summed E-state index contributed by atoms with van der Waals surface area (Å²) in [6.45, 7) is 1.07. The number of aryl methyl sites for hydroxylation is 1. The zero-order chi connectivity index (χ0) is 19.8. The molecule has 0 saturated carbocycles. The fourth-order valence-corrected chi connectivity index (χ4v) is 4.10. The lowest BCUT2D eigenvalue weighted by Gasteiger charge is -2.14. The van der Waals surface area contributed by atoms with Crippen LogP contribution in [-0.4, -0.2) is 24.3 Å². The Morgan fingerprint density at radius 2 is 1.93 bits per heavy atom. The third-order valence-electron chi connectivity index (χ3n) is 4.41. The lowest BCUT2D eigenvalue weighted by atomic mass is 10.2. The summed E-state index contributed by atoms with van der Waals surface area (Å²) in [5, 5.41) is 8.95. The van der Waals surface area contributed by atoms with Crippen molar-refractivity contribution in [2.24, 2.45) is 0 Å². The summed E-state index contributed by atoms with van der Waals surface area (Å²) >= 11 is 7.54. The van der Waals surface area contributed by atoms with Gasteiger partial charge in [-0.3, -0.25) is 9.13 Å². The van der Waals surface area contributed by atoms with Crippen molar-refractivity contribution in [2.45, 2.75) is 30.8 Å². The van der Waals surface area contributed by atoms with Crippen LogP contribution in [0.3, 0.4) is 0 Å². The quantitative estimate of drug-likeness (QED) is 0.382. The molecule has 4 rings (SSSR count). The molecular weight excluding hydrogens is 404 g/mol. The summed E-state index contributed by atoms with van der Waals surface area (Å²) in [7, 11) is 0. The molecule has 4 aromatic rings. The summed E-state index contributed by atoms with van der Waals surface area (Å²) in [5.41, 5.74) is 2.72. The molecule has 28 heavy (non-hydrogen) atoms. The van der Waals surface area contributed by atoms with Crippen molar-refractivity contribution in [3.8, 4) is 5.69 Å². The van der Waals surface area contributed by atoms with E-state index in [1.54, 1.807) is 35.2 Å². The van der Waals surface area contributed by atoms with Crippen LogP contribution < -0.4 is 0 Å². The first-order chi connectivity index (χ1) is 13.5. The maximum atomic E-state index is 13.7. The Morgan fingerprint density at radius 1 is 1.14 bits per heavy atom. The molecule has 0 bridgehead atoms. The number of para-hydroxylation sites is 2. The Bertz CT molecular complexity index is 1140. The minimum atomic E-state index is -2.68. The number of halogens is 3. The molecule has 0 spiro atoms. The molecule has 0 aliphatic rings. The van der Waals surface area contributed by atoms with Crippen molar-refractivity contribution in [3.63, 3.8) is 0 Å². The fraction of sp³-hybridized carbons (Fsp3) is 0.211. The van der Waals surface area contributed by atoms with E-state index in [4.69, 9.17) is 11.6 Å². The number of imidazole rings is 1. The monoisotopic (exact) mass is 419 g/mol. The van der Waals surface area contributed by atoms with Crippen molar-refractivity contribution < 1.29 is 8.78 Å². The molecule has 0 aliphatic heterocycles. The molecule has 0 saturated heterocycles. The van der Waals surface area contributed by atoms with Gasteiger partial charge < -0.3 is 0 Å². The van der Waals surface area contributed by atoms with E-state index >= 15 is 0 Å². The van der Waals surface area contributed by atoms with Gasteiger partial charge in [0.15, 0.2) is 5.16 Å². The zero-order valence-corrected chi connectivity index (χ0v) is 16.6. The van der Waals surface area contributed by atoms with Crippen LogP contribution in [0.1, 0.15) is 30.1 Å². The Kier molecular flexibility index (Phi) is 5.07. The molecule has 9 heteroatoms. The van der Waals surface area contributed by atoms with Crippen molar-refractivity contribution in [3.05, 3.63) is 65.2 Å². The van der Waals surface area contributed by atoms with E-state index in [2.05, 4.69) is 15.2 Å². The van der Waals surface area contributed by atoms with Gasteiger partial charge in [-0.15, -0.1) is 10.2 Å². The Balaban J connectivity index is 1.70. The highest BCUT2D eigenvalue weighted by atomic mass is 35.5. The number of fused-ring (bicyclic) bond motifs is 1. The van der Waals surface area contributed by atoms with E-state index in [1.165, 1.54) is 11.8 Å². The number of rotatable bonds is 5. The number of hydrogen-bond donors (Lipinski definition) is 0. The third kappa shape index (κ3) is 3.38. The molecule has 2 aromatic carbocycles. The molecule has 5 nitrogen and oxygen atoms in total. The SMILES string of the molecule is Cc1ccc(-n2cnnc2S[C@@H](C)c2nc3ccccc3n2C(F)F)cc1Cl. The number of aromatic nitrogens is 5. The van der Waals surface area contributed by atoms with Gasteiger partial charge in [0.25, 0.3) is 0 Å². The van der Waals surface area contributed by atoms with Crippen LogP contribution in [0.5, 0.6) is 0 Å². The van der Waals surface area contributed by atoms with Gasteiger partial charge in [0.2, 0.25) is 0 Å². The lowest BCUT2D eigenvalue weighted by Crippen LogP contribution is -2.07. The summed E-state index contributed by atoms with van der Waals surface area (Å²) in [6, 6.07) is 12.5. The summed E-state index contributed by atoms with van der Waals surface area (Å²) in [5.74, 6) is 0.290. The first kappa shape index (κ1) is 18.9. The molecule has 0 unspecified atom stereocenters. The Labute approximate surface area is 169 Å². The molecule has 2 heterocycles. The van der Waals surface area contributed by atoms with Crippen molar-refractivity contribution in [2.75, 3.05) is 0 Å². The molecule has 1 atom stereocenters. The third-order valence-corrected chi connectivity index (χ3v) is 5.87. The first-order valence-corrected chi connectivity index (χ1v) is 9.79. The maximum Gasteiger partial charge on any atom is 0.320 e. The van der Waals surface area contributed by atoms with Crippen LogP contribution in [0.4, 0.5) is 8.78 Å². The highest BCUT2D eigenvalue weighted by molar-refractivity contribution is 7.99. The van der Waals surface area contributed by atoms with E-state index in [-0.39, 0.29) is 11.1 Å². The van der Waals surface area contributed by atoms with Gasteiger partial charge in [-0.25, -0.2) is 4.98 Å². The summed E-state index contributed by atoms with van der Waals surface area (Å²) in [6.07, 6.45) is 1.58. The standard InChI is InChI=1S/C19H16ClF2N5S/c1-11-7-8-13(9-14(11)20)26-10-23-25-19(26)28-12(2)17-24-15-5-3-4-6-16(15)27(17)18(21)22/h3-10,12,18H,1-2H3/t12-/m0/s1. The maximum absolute atomic E-state index is 13.7. The second-order valence-corrected chi connectivity index (χ2v) is 8.00. The fourth-order valence-electron chi connectivity index (χ4n) is 2.98. The average Bonchev–Trinajstić information content (AvgIpc) is 3.28. The predicted molar refractivity (Wildman–Crippen MR) is 106 cm³/mol. The van der Waals surface area contributed by atoms with Crippen LogP contribution >= 0.6 is 23.4 Å². The Morgan fingerprint density at radius 3 is 2.68 bits per heavy atom. The molecule has 0 fully saturated rings. The van der Waals surface area contributed by atoms with Crippen molar-refractivity contribution in [1.82, 2.24) is 24.3 Å². The van der Waals surface area contributed by atoms with Crippen LogP contribution in [0.25, 0.3) is 16.7 Å². The van der Waals surface area contributed by atoms with E-state index in [0.29, 0.717) is 21.2 Å². The van der Waals surface area contributed by atoms with E-state index in [1.807, 2.05) is 32.0 Å². The van der Waals surface area contributed by atoms with Crippen LogP contribution in [-0.2, 0) is 0 Å². The lowest BCUT2D eigenvalue weighted by molar-refractivity contribution is 0.0715.